The largest absolute Gasteiger partial charge is 0.453 e. The van der Waals surface area contributed by atoms with Crippen LogP contribution in [-0.2, 0) is 11.0 Å². The molecule has 2 atom stereocenters. The van der Waals surface area contributed by atoms with Crippen molar-refractivity contribution in [3.63, 3.8) is 0 Å². The maximum Gasteiger partial charge on any atom is 0.453 e. The molecule has 2 aliphatic rings. The van der Waals surface area contributed by atoms with Crippen LogP contribution in [0, 0.1) is 5.92 Å². The van der Waals surface area contributed by atoms with Crippen molar-refractivity contribution in [3.8, 4) is 0 Å². The maximum absolute atomic E-state index is 13.2. The van der Waals surface area contributed by atoms with Gasteiger partial charge in [0.05, 0.1) is 0 Å². The van der Waals surface area contributed by atoms with Gasteiger partial charge in [-0.15, -0.1) is 5.10 Å². The molecule has 2 aromatic rings. The summed E-state index contributed by atoms with van der Waals surface area (Å²) in [7, 11) is 0. The van der Waals surface area contributed by atoms with Crippen LogP contribution in [0.4, 0.5) is 19.1 Å². The number of hydrogen-bond acceptors (Lipinski definition) is 4. The van der Waals surface area contributed by atoms with Gasteiger partial charge in [-0.25, -0.2) is 4.68 Å². The Labute approximate surface area is 160 Å². The first-order valence-corrected chi connectivity index (χ1v) is 9.32. The lowest BCUT2D eigenvalue weighted by atomic mass is 9.81. The Hall–Kier alpha value is -2.64. The summed E-state index contributed by atoms with van der Waals surface area (Å²) in [4.78, 5) is 16.5. The van der Waals surface area contributed by atoms with Gasteiger partial charge in [-0.2, -0.15) is 18.2 Å². The van der Waals surface area contributed by atoms with Crippen molar-refractivity contribution < 1.29 is 18.0 Å². The van der Waals surface area contributed by atoms with Crippen LogP contribution in [-0.4, -0.2) is 20.5 Å². The van der Waals surface area contributed by atoms with Gasteiger partial charge in [0.1, 0.15) is 6.04 Å². The highest BCUT2D eigenvalue weighted by atomic mass is 19.4. The standard InChI is InChI=1S/C20H21F3N4O/c1-10(2)12-4-6-13(7-5-12)17-16-14(8-11(3)9-15(16)28)24-19-25-18(20(21,22)23)26-27(17)19/h4-7,10-11,17H,8-9H2,1-3H3,(H,24,25,26)/t11-,17-/m1/s1. The van der Waals surface area contributed by atoms with E-state index in [1.54, 1.807) is 0 Å². The van der Waals surface area contributed by atoms with Crippen molar-refractivity contribution in [1.82, 2.24) is 14.8 Å². The average molecular weight is 390 g/mol. The maximum atomic E-state index is 13.2. The molecule has 1 aliphatic heterocycles. The van der Waals surface area contributed by atoms with Crippen molar-refractivity contribution in [2.45, 2.75) is 51.7 Å². The number of Topliss-reactive ketones (excluding diaryl/α,β-unsaturated/α-hetero) is 1. The molecular weight excluding hydrogens is 369 g/mol. The van der Waals surface area contributed by atoms with Crippen molar-refractivity contribution >= 4 is 11.7 Å². The van der Waals surface area contributed by atoms with Gasteiger partial charge in [-0.05, 0) is 29.4 Å². The number of carbonyl (C=O) groups is 1. The highest BCUT2D eigenvalue weighted by Gasteiger charge is 2.42. The van der Waals surface area contributed by atoms with Gasteiger partial charge in [0, 0.05) is 17.7 Å². The zero-order valence-electron chi connectivity index (χ0n) is 15.8. The number of carbonyl (C=O) groups excluding carboxylic acids is 1. The van der Waals surface area contributed by atoms with Crippen LogP contribution in [0.5, 0.6) is 0 Å². The van der Waals surface area contributed by atoms with Crippen LogP contribution in [0.3, 0.4) is 0 Å². The van der Waals surface area contributed by atoms with Crippen molar-refractivity contribution in [1.29, 1.82) is 0 Å². The van der Waals surface area contributed by atoms with Crippen molar-refractivity contribution in [3.05, 3.63) is 52.5 Å². The molecule has 0 saturated heterocycles. The number of rotatable bonds is 2. The first-order valence-electron chi connectivity index (χ1n) is 9.32. The highest BCUT2D eigenvalue weighted by molar-refractivity contribution is 5.99. The third-order valence-corrected chi connectivity index (χ3v) is 5.30. The van der Waals surface area contributed by atoms with E-state index in [1.165, 1.54) is 4.68 Å². The van der Waals surface area contributed by atoms with Crippen LogP contribution in [0.1, 0.15) is 62.5 Å². The lowest BCUT2D eigenvalue weighted by Crippen LogP contribution is -2.33. The topological polar surface area (TPSA) is 59.8 Å². The van der Waals surface area contributed by atoms with E-state index in [-0.39, 0.29) is 17.6 Å². The smallest absolute Gasteiger partial charge is 0.328 e. The molecule has 0 unspecified atom stereocenters. The van der Waals surface area contributed by atoms with Crippen molar-refractivity contribution in [2.75, 3.05) is 5.32 Å². The minimum atomic E-state index is -4.66. The molecule has 0 bridgehead atoms. The van der Waals surface area contributed by atoms with Crippen LogP contribution in [0.25, 0.3) is 0 Å². The quantitative estimate of drug-likeness (QED) is 0.808. The molecule has 0 fully saturated rings. The predicted molar refractivity (Wildman–Crippen MR) is 97.7 cm³/mol. The van der Waals surface area contributed by atoms with E-state index in [9.17, 15) is 18.0 Å². The van der Waals surface area contributed by atoms with Gasteiger partial charge < -0.3 is 5.32 Å². The Morgan fingerprint density at radius 3 is 2.46 bits per heavy atom. The fourth-order valence-corrected chi connectivity index (χ4v) is 3.90. The zero-order chi connectivity index (χ0) is 20.2. The first kappa shape index (κ1) is 18.7. The van der Waals surface area contributed by atoms with Gasteiger partial charge in [0.2, 0.25) is 5.95 Å². The number of anilines is 1. The number of benzene rings is 1. The average Bonchev–Trinajstić information content (AvgIpc) is 3.03. The fraction of sp³-hybridized carbons (Fsp3) is 0.450. The molecule has 28 heavy (non-hydrogen) atoms. The van der Waals surface area contributed by atoms with Gasteiger partial charge in [-0.3, -0.25) is 4.79 Å². The van der Waals surface area contributed by atoms with Gasteiger partial charge in [-0.1, -0.05) is 45.0 Å². The molecule has 1 aromatic heterocycles. The number of allylic oxidation sites excluding steroid dienone is 2. The second-order valence-electron chi connectivity index (χ2n) is 7.88. The second-order valence-corrected chi connectivity index (χ2v) is 7.88. The van der Waals surface area contributed by atoms with Crippen LogP contribution in [0.15, 0.2) is 35.5 Å². The molecule has 2 heterocycles. The normalized spacial score (nSPS) is 22.2. The SMILES string of the molecule is CC(C)c1ccc([C@@H]2C3=C(C[C@@H](C)CC3=O)Nc3nc(C(F)(F)F)nn32)cc1. The summed E-state index contributed by atoms with van der Waals surface area (Å²) < 4.78 is 40.8. The predicted octanol–water partition coefficient (Wildman–Crippen LogP) is 4.69. The Kier molecular flexibility index (Phi) is 4.32. The molecule has 1 aromatic carbocycles. The Morgan fingerprint density at radius 2 is 1.86 bits per heavy atom. The van der Waals surface area contributed by atoms with Gasteiger partial charge in [0.25, 0.3) is 5.82 Å². The summed E-state index contributed by atoms with van der Waals surface area (Å²) in [5.74, 6) is -0.800. The van der Waals surface area contributed by atoms with Crippen molar-refractivity contribution in [2.24, 2.45) is 5.92 Å². The van der Waals surface area contributed by atoms with E-state index in [4.69, 9.17) is 0 Å². The van der Waals surface area contributed by atoms with Gasteiger partial charge >= 0.3 is 6.18 Å². The van der Waals surface area contributed by atoms with E-state index in [0.717, 1.165) is 11.1 Å². The summed E-state index contributed by atoms with van der Waals surface area (Å²) in [5.41, 5.74) is 2.98. The Balaban J connectivity index is 1.87. The lowest BCUT2D eigenvalue weighted by Gasteiger charge is -2.34. The van der Waals surface area contributed by atoms with E-state index < -0.39 is 18.0 Å². The molecule has 1 aliphatic carbocycles. The number of fused-ring (bicyclic) bond motifs is 1. The summed E-state index contributed by atoms with van der Waals surface area (Å²) in [5, 5.41) is 6.64. The molecule has 4 rings (SSSR count). The number of aromatic nitrogens is 3. The van der Waals surface area contributed by atoms with Crippen LogP contribution in [0.2, 0.25) is 0 Å². The number of halogens is 3. The summed E-state index contributed by atoms with van der Waals surface area (Å²) in [6.07, 6.45) is -3.69. The number of alkyl halides is 3. The number of ketones is 1. The molecule has 0 radical (unpaired) electrons. The minimum Gasteiger partial charge on any atom is -0.328 e. The Bertz CT molecular complexity index is 957. The number of nitrogens with one attached hydrogen (secondary N) is 1. The van der Waals surface area contributed by atoms with Gasteiger partial charge in [0.15, 0.2) is 5.78 Å². The number of nitrogens with zero attached hydrogens (tertiary/aromatic N) is 3. The van der Waals surface area contributed by atoms with Crippen LogP contribution < -0.4 is 5.32 Å². The monoisotopic (exact) mass is 390 g/mol. The summed E-state index contributed by atoms with van der Waals surface area (Å²) in [6.45, 7) is 6.09. The zero-order valence-corrected chi connectivity index (χ0v) is 15.8. The summed E-state index contributed by atoms with van der Waals surface area (Å²) >= 11 is 0. The van der Waals surface area contributed by atoms with E-state index in [1.807, 2.05) is 31.2 Å². The molecular formula is C20H21F3N4O. The van der Waals surface area contributed by atoms with E-state index >= 15 is 0 Å². The minimum absolute atomic E-state index is 0.0194. The van der Waals surface area contributed by atoms with Crippen LogP contribution >= 0.6 is 0 Å². The van der Waals surface area contributed by atoms with E-state index in [2.05, 4.69) is 29.2 Å². The third-order valence-electron chi connectivity index (χ3n) is 5.30. The molecule has 0 amide bonds. The second kappa shape index (κ2) is 6.46. The number of hydrogen-bond donors (Lipinski definition) is 1. The molecule has 8 heteroatoms. The Morgan fingerprint density at radius 1 is 1.18 bits per heavy atom. The lowest BCUT2D eigenvalue weighted by molar-refractivity contribution is -0.145. The molecule has 0 spiro atoms. The first-order chi connectivity index (χ1) is 13.1. The molecule has 148 valence electrons. The fourth-order valence-electron chi connectivity index (χ4n) is 3.90. The summed E-state index contributed by atoms with van der Waals surface area (Å²) in [6, 6.07) is 6.90. The molecule has 5 nitrogen and oxygen atoms in total. The molecule has 1 N–H and O–H groups in total. The highest BCUT2D eigenvalue weighted by Crippen LogP contribution is 2.42. The molecule has 0 saturated carbocycles. The van der Waals surface area contributed by atoms with E-state index in [0.29, 0.717) is 30.0 Å². The third kappa shape index (κ3) is 3.10.